The summed E-state index contributed by atoms with van der Waals surface area (Å²) in [5, 5.41) is 9.89. The van der Waals surface area contributed by atoms with Crippen molar-refractivity contribution in [1.82, 2.24) is 4.90 Å². The lowest BCUT2D eigenvalue weighted by molar-refractivity contribution is 0.298. The van der Waals surface area contributed by atoms with Gasteiger partial charge in [0.05, 0.1) is 12.0 Å². The van der Waals surface area contributed by atoms with Crippen LogP contribution < -0.4 is 0 Å². The third kappa shape index (κ3) is 3.52. The van der Waals surface area contributed by atoms with Crippen LogP contribution in [0.1, 0.15) is 25.3 Å². The molecule has 0 aliphatic rings. The Morgan fingerprint density at radius 2 is 1.81 bits per heavy atom. The van der Waals surface area contributed by atoms with Crippen molar-refractivity contribution >= 4 is 11.6 Å². The van der Waals surface area contributed by atoms with Crippen molar-refractivity contribution in [2.45, 2.75) is 19.8 Å². The van der Waals surface area contributed by atoms with E-state index in [1.165, 1.54) is 0 Å². The number of halogens is 1. The Hall–Kier alpha value is -1.04. The van der Waals surface area contributed by atoms with Crippen LogP contribution in [0.3, 0.4) is 0 Å². The summed E-state index contributed by atoms with van der Waals surface area (Å²) in [6.45, 7) is 6.95. The highest BCUT2D eigenvalue weighted by Crippen LogP contribution is 2.19. The summed E-state index contributed by atoms with van der Waals surface area (Å²) < 4.78 is 0. The Balaban J connectivity index is 2.75. The Bertz CT molecular complexity index is 349. The lowest BCUT2D eigenvalue weighted by Crippen LogP contribution is -2.27. The Morgan fingerprint density at radius 1 is 1.25 bits per heavy atom. The largest absolute Gasteiger partial charge is 0.302 e. The summed E-state index contributed by atoms with van der Waals surface area (Å²) in [5.41, 5.74) is 1.04. The molecule has 86 valence electrons. The average Bonchev–Trinajstić information content (AvgIpc) is 2.32. The van der Waals surface area contributed by atoms with Crippen LogP contribution in [0.5, 0.6) is 0 Å². The van der Waals surface area contributed by atoms with E-state index in [0.717, 1.165) is 25.2 Å². The van der Waals surface area contributed by atoms with Gasteiger partial charge in [-0.25, -0.2) is 0 Å². The monoisotopic (exact) mass is 236 g/mol. The van der Waals surface area contributed by atoms with Gasteiger partial charge in [0, 0.05) is 11.6 Å². The first kappa shape index (κ1) is 13.0. The van der Waals surface area contributed by atoms with Gasteiger partial charge < -0.3 is 4.90 Å². The fourth-order valence-electron chi connectivity index (χ4n) is 1.66. The number of hydrogen-bond acceptors (Lipinski definition) is 2. The first-order chi connectivity index (χ1) is 7.71. The molecule has 0 amide bonds. The molecule has 0 bridgehead atoms. The van der Waals surface area contributed by atoms with E-state index in [2.05, 4.69) is 24.8 Å². The van der Waals surface area contributed by atoms with Gasteiger partial charge in [0.1, 0.15) is 0 Å². The number of benzene rings is 1. The maximum absolute atomic E-state index is 9.18. The molecule has 0 saturated carbocycles. The molecule has 1 atom stereocenters. The number of nitriles is 1. The Kier molecular flexibility index (Phi) is 5.31. The molecule has 2 nitrogen and oxygen atoms in total. The van der Waals surface area contributed by atoms with Crippen LogP contribution in [0.4, 0.5) is 0 Å². The Morgan fingerprint density at radius 3 is 2.25 bits per heavy atom. The highest BCUT2D eigenvalue weighted by atomic mass is 35.5. The minimum absolute atomic E-state index is 0.0721. The van der Waals surface area contributed by atoms with Gasteiger partial charge in [-0.15, -0.1) is 0 Å². The summed E-state index contributed by atoms with van der Waals surface area (Å²) in [4.78, 5) is 2.25. The lowest BCUT2D eigenvalue weighted by atomic mass is 10.0. The molecule has 0 aliphatic heterocycles. The molecular formula is C13H17ClN2. The second-order valence-electron chi connectivity index (χ2n) is 3.72. The molecule has 1 aromatic carbocycles. The predicted octanol–water partition coefficient (Wildman–Crippen LogP) is 3.29. The zero-order valence-corrected chi connectivity index (χ0v) is 10.5. The van der Waals surface area contributed by atoms with Crippen molar-refractivity contribution in [3.05, 3.63) is 34.9 Å². The van der Waals surface area contributed by atoms with Gasteiger partial charge in [0.25, 0.3) is 0 Å². The normalized spacial score (nSPS) is 12.4. The molecule has 0 radical (unpaired) electrons. The molecule has 1 rings (SSSR count). The molecule has 0 spiro atoms. The summed E-state index contributed by atoms with van der Waals surface area (Å²) in [5.74, 6) is -0.0721. The summed E-state index contributed by atoms with van der Waals surface area (Å²) in [6.07, 6.45) is 0. The topological polar surface area (TPSA) is 27.0 Å². The molecule has 0 saturated heterocycles. The van der Waals surface area contributed by atoms with Crippen LogP contribution in [-0.4, -0.2) is 24.5 Å². The van der Waals surface area contributed by atoms with Crippen molar-refractivity contribution in [3.63, 3.8) is 0 Å². The van der Waals surface area contributed by atoms with Crippen molar-refractivity contribution in [3.8, 4) is 6.07 Å². The number of rotatable bonds is 5. The molecule has 0 aliphatic carbocycles. The van der Waals surface area contributed by atoms with Crippen LogP contribution in [-0.2, 0) is 0 Å². The van der Waals surface area contributed by atoms with Gasteiger partial charge >= 0.3 is 0 Å². The second kappa shape index (κ2) is 6.52. The Labute approximate surface area is 102 Å². The minimum Gasteiger partial charge on any atom is -0.302 e. The second-order valence-corrected chi connectivity index (χ2v) is 4.16. The zero-order chi connectivity index (χ0) is 12.0. The third-order valence-electron chi connectivity index (χ3n) is 2.76. The first-order valence-corrected chi connectivity index (χ1v) is 5.96. The van der Waals surface area contributed by atoms with Crippen molar-refractivity contribution in [2.24, 2.45) is 0 Å². The highest BCUT2D eigenvalue weighted by Gasteiger charge is 2.13. The lowest BCUT2D eigenvalue weighted by Gasteiger charge is -2.21. The van der Waals surface area contributed by atoms with E-state index in [1.54, 1.807) is 0 Å². The maximum Gasteiger partial charge on any atom is 0.0839 e. The van der Waals surface area contributed by atoms with E-state index in [4.69, 9.17) is 11.6 Å². The van der Waals surface area contributed by atoms with Crippen LogP contribution in [0.25, 0.3) is 0 Å². The molecule has 0 aromatic heterocycles. The number of hydrogen-bond donors (Lipinski definition) is 0. The fourth-order valence-corrected chi connectivity index (χ4v) is 1.78. The van der Waals surface area contributed by atoms with Gasteiger partial charge in [-0.2, -0.15) is 5.26 Å². The molecular weight excluding hydrogens is 220 g/mol. The van der Waals surface area contributed by atoms with E-state index in [-0.39, 0.29) is 5.92 Å². The fraction of sp³-hybridized carbons (Fsp3) is 0.462. The summed E-state index contributed by atoms with van der Waals surface area (Å²) in [7, 11) is 0. The molecule has 1 aromatic rings. The van der Waals surface area contributed by atoms with Crippen molar-refractivity contribution < 1.29 is 0 Å². The third-order valence-corrected chi connectivity index (χ3v) is 3.02. The van der Waals surface area contributed by atoms with Gasteiger partial charge in [-0.3, -0.25) is 0 Å². The molecule has 0 fully saturated rings. The zero-order valence-electron chi connectivity index (χ0n) is 9.78. The van der Waals surface area contributed by atoms with Crippen molar-refractivity contribution in [2.75, 3.05) is 19.6 Å². The SMILES string of the molecule is CCN(CC)CC(C#N)c1ccc(Cl)cc1. The average molecular weight is 237 g/mol. The van der Waals surface area contributed by atoms with Crippen LogP contribution >= 0.6 is 11.6 Å². The van der Waals surface area contributed by atoms with E-state index in [0.29, 0.717) is 5.02 Å². The van der Waals surface area contributed by atoms with Crippen LogP contribution in [0.15, 0.2) is 24.3 Å². The first-order valence-electron chi connectivity index (χ1n) is 5.58. The van der Waals surface area contributed by atoms with E-state index in [1.807, 2.05) is 24.3 Å². The van der Waals surface area contributed by atoms with Gasteiger partial charge in [-0.05, 0) is 30.8 Å². The van der Waals surface area contributed by atoms with Gasteiger partial charge in [0.15, 0.2) is 0 Å². The summed E-state index contributed by atoms with van der Waals surface area (Å²) in [6, 6.07) is 9.89. The van der Waals surface area contributed by atoms with E-state index < -0.39 is 0 Å². The summed E-state index contributed by atoms with van der Waals surface area (Å²) >= 11 is 5.83. The number of likely N-dealkylation sites (N-methyl/N-ethyl adjacent to an activating group) is 1. The molecule has 16 heavy (non-hydrogen) atoms. The quantitative estimate of drug-likeness (QED) is 0.785. The molecule has 0 N–H and O–H groups in total. The molecule has 1 unspecified atom stereocenters. The maximum atomic E-state index is 9.18. The predicted molar refractivity (Wildman–Crippen MR) is 67.6 cm³/mol. The van der Waals surface area contributed by atoms with Gasteiger partial charge in [0.2, 0.25) is 0 Å². The number of nitrogens with zero attached hydrogens (tertiary/aromatic N) is 2. The minimum atomic E-state index is -0.0721. The molecule has 3 heteroatoms. The van der Waals surface area contributed by atoms with Crippen LogP contribution in [0.2, 0.25) is 5.02 Å². The van der Waals surface area contributed by atoms with E-state index >= 15 is 0 Å². The highest BCUT2D eigenvalue weighted by molar-refractivity contribution is 6.30. The van der Waals surface area contributed by atoms with Crippen LogP contribution in [0, 0.1) is 11.3 Å². The van der Waals surface area contributed by atoms with Gasteiger partial charge in [-0.1, -0.05) is 37.6 Å². The van der Waals surface area contributed by atoms with E-state index in [9.17, 15) is 5.26 Å². The smallest absolute Gasteiger partial charge is 0.0839 e. The standard InChI is InChI=1S/C13H17ClN2/c1-3-16(4-2)10-12(9-15)11-5-7-13(14)8-6-11/h5-8,12H,3-4,10H2,1-2H3. The van der Waals surface area contributed by atoms with Crippen molar-refractivity contribution in [1.29, 1.82) is 5.26 Å². The molecule has 0 heterocycles.